The van der Waals surface area contributed by atoms with Crippen LogP contribution in [-0.2, 0) is 9.59 Å². The molecule has 0 bridgehead atoms. The van der Waals surface area contributed by atoms with Gasteiger partial charge >= 0.3 is 57.4 Å². The minimum atomic E-state index is -1.21. The average molecular weight is 342 g/mol. The monoisotopic (exact) mass is 341 g/mol. The van der Waals surface area contributed by atoms with E-state index in [0.29, 0.717) is 6.42 Å². The Balaban J connectivity index is 0. The molecule has 0 rings (SSSR count). The zero-order chi connectivity index (χ0) is 16.1. The first-order valence-corrected chi connectivity index (χ1v) is 8.19. The molecule has 0 aromatic rings. The number of aliphatic hydroxyl groups excluding tert-OH is 1. The number of amides is 1. The number of aliphatic hydroxyl groups is 1. The standard InChI is InChI=1S/C16H31NO4.K.H/c1-3-4-5-6-7-8-9-10-11-12-14(19)17-15(13(2)18)16(20)21;;/h13,15,18H,3-12H2,1-2H3,(H,17,19)(H,20,21);;/t13-,15+;;/m1../s1. The summed E-state index contributed by atoms with van der Waals surface area (Å²) in [6.07, 6.45) is 9.77. The molecule has 0 unspecified atom stereocenters. The molecule has 0 saturated heterocycles. The van der Waals surface area contributed by atoms with Gasteiger partial charge in [-0.05, 0) is 13.3 Å². The Morgan fingerprint density at radius 2 is 1.41 bits per heavy atom. The van der Waals surface area contributed by atoms with Crippen LogP contribution in [-0.4, -0.2) is 85.6 Å². The summed E-state index contributed by atoms with van der Waals surface area (Å²) >= 11 is 0. The number of nitrogens with one attached hydrogen (secondary N) is 1. The van der Waals surface area contributed by atoms with Crippen molar-refractivity contribution in [1.29, 1.82) is 0 Å². The number of carbonyl (C=O) groups excluding carboxylic acids is 1. The van der Waals surface area contributed by atoms with Crippen LogP contribution in [0, 0.1) is 0 Å². The summed E-state index contributed by atoms with van der Waals surface area (Å²) in [5.74, 6) is -1.50. The van der Waals surface area contributed by atoms with E-state index in [9.17, 15) is 14.7 Å². The van der Waals surface area contributed by atoms with Crippen molar-refractivity contribution in [2.45, 2.75) is 90.2 Å². The van der Waals surface area contributed by atoms with Crippen molar-refractivity contribution in [3.05, 3.63) is 0 Å². The molecule has 1 amide bonds. The molecule has 0 aromatic heterocycles. The Morgan fingerprint density at radius 3 is 1.82 bits per heavy atom. The van der Waals surface area contributed by atoms with E-state index < -0.39 is 18.1 Å². The fourth-order valence-corrected chi connectivity index (χ4v) is 2.23. The molecule has 0 aliphatic rings. The number of unbranched alkanes of at least 4 members (excludes halogenated alkanes) is 8. The molecule has 0 aromatic carbocycles. The van der Waals surface area contributed by atoms with E-state index in [0.717, 1.165) is 19.3 Å². The van der Waals surface area contributed by atoms with E-state index in [2.05, 4.69) is 12.2 Å². The topological polar surface area (TPSA) is 86.6 Å². The maximum absolute atomic E-state index is 11.6. The van der Waals surface area contributed by atoms with Gasteiger partial charge in [-0.1, -0.05) is 58.3 Å². The van der Waals surface area contributed by atoms with E-state index >= 15 is 0 Å². The van der Waals surface area contributed by atoms with Crippen LogP contribution < -0.4 is 5.32 Å². The third-order valence-corrected chi connectivity index (χ3v) is 3.57. The zero-order valence-corrected chi connectivity index (χ0v) is 13.4. The fraction of sp³-hybridized carbons (Fsp3) is 0.875. The van der Waals surface area contributed by atoms with Gasteiger partial charge in [0.25, 0.3) is 0 Å². The number of hydrogen-bond acceptors (Lipinski definition) is 3. The van der Waals surface area contributed by atoms with Gasteiger partial charge in [0.05, 0.1) is 6.10 Å². The average Bonchev–Trinajstić information content (AvgIpc) is 2.42. The molecule has 0 fully saturated rings. The first kappa shape index (κ1) is 24.8. The first-order valence-electron chi connectivity index (χ1n) is 8.19. The van der Waals surface area contributed by atoms with Crippen molar-refractivity contribution in [3.8, 4) is 0 Å². The van der Waals surface area contributed by atoms with Gasteiger partial charge in [-0.15, -0.1) is 0 Å². The Labute approximate surface area is 177 Å². The number of carbonyl (C=O) groups is 2. The van der Waals surface area contributed by atoms with Gasteiger partial charge in [0, 0.05) is 6.42 Å². The summed E-state index contributed by atoms with van der Waals surface area (Å²) in [5, 5.41) is 20.5. The molecule has 3 N–H and O–H groups in total. The summed E-state index contributed by atoms with van der Waals surface area (Å²) in [6, 6.07) is -1.21. The summed E-state index contributed by atoms with van der Waals surface area (Å²) < 4.78 is 0. The van der Waals surface area contributed by atoms with Crippen LogP contribution in [0.5, 0.6) is 0 Å². The Bertz CT molecular complexity index is 298. The van der Waals surface area contributed by atoms with Gasteiger partial charge in [-0.25, -0.2) is 4.79 Å². The second-order valence-electron chi connectivity index (χ2n) is 5.70. The molecule has 0 aliphatic heterocycles. The molecular weight excluding hydrogens is 309 g/mol. The Kier molecular flexibility index (Phi) is 18.5. The molecule has 0 saturated carbocycles. The summed E-state index contributed by atoms with van der Waals surface area (Å²) in [6.45, 7) is 3.56. The van der Waals surface area contributed by atoms with Crippen LogP contribution in [0.25, 0.3) is 0 Å². The van der Waals surface area contributed by atoms with Crippen LogP contribution in [0.15, 0.2) is 0 Å². The normalized spacial score (nSPS) is 13.0. The van der Waals surface area contributed by atoms with Crippen molar-refractivity contribution >= 4 is 63.3 Å². The van der Waals surface area contributed by atoms with Crippen molar-refractivity contribution in [3.63, 3.8) is 0 Å². The van der Waals surface area contributed by atoms with E-state index in [-0.39, 0.29) is 57.3 Å². The predicted octanol–water partition coefficient (Wildman–Crippen LogP) is 2.21. The van der Waals surface area contributed by atoms with Gasteiger partial charge in [-0.3, -0.25) is 4.79 Å². The minimum absolute atomic E-state index is 0. The summed E-state index contributed by atoms with van der Waals surface area (Å²) in [7, 11) is 0. The van der Waals surface area contributed by atoms with Crippen molar-refractivity contribution in [1.82, 2.24) is 5.32 Å². The molecule has 126 valence electrons. The SMILES string of the molecule is CCCCCCCCCCCC(=O)N[C@H](C(=O)O)[C@@H](C)O.[KH]. The van der Waals surface area contributed by atoms with Crippen molar-refractivity contribution < 1.29 is 19.8 Å². The third-order valence-electron chi connectivity index (χ3n) is 3.57. The van der Waals surface area contributed by atoms with Crippen LogP contribution >= 0.6 is 0 Å². The quantitative estimate of drug-likeness (QED) is 0.354. The predicted molar refractivity (Wildman–Crippen MR) is 90.2 cm³/mol. The van der Waals surface area contributed by atoms with Crippen LogP contribution in [0.1, 0.15) is 78.1 Å². The number of aliphatic carboxylic acids is 1. The molecule has 0 radical (unpaired) electrons. The second kappa shape index (κ2) is 16.4. The molecule has 5 nitrogen and oxygen atoms in total. The van der Waals surface area contributed by atoms with E-state index in [1.54, 1.807) is 0 Å². The maximum atomic E-state index is 11.6. The van der Waals surface area contributed by atoms with E-state index in [1.165, 1.54) is 45.4 Å². The summed E-state index contributed by atoms with van der Waals surface area (Å²) in [5.41, 5.74) is 0. The van der Waals surface area contributed by atoms with Crippen molar-refractivity contribution in [2.24, 2.45) is 0 Å². The van der Waals surface area contributed by atoms with Crippen LogP contribution in [0.2, 0.25) is 0 Å². The number of hydrogen-bond donors (Lipinski definition) is 3. The van der Waals surface area contributed by atoms with E-state index in [1.807, 2.05) is 0 Å². The van der Waals surface area contributed by atoms with E-state index in [4.69, 9.17) is 5.11 Å². The van der Waals surface area contributed by atoms with Crippen LogP contribution in [0.3, 0.4) is 0 Å². The van der Waals surface area contributed by atoms with Gasteiger partial charge in [-0.2, -0.15) is 0 Å². The van der Waals surface area contributed by atoms with Gasteiger partial charge < -0.3 is 15.5 Å². The van der Waals surface area contributed by atoms with Crippen LogP contribution in [0.4, 0.5) is 0 Å². The molecule has 0 spiro atoms. The zero-order valence-electron chi connectivity index (χ0n) is 13.4. The molecule has 2 atom stereocenters. The van der Waals surface area contributed by atoms with Gasteiger partial charge in [0.2, 0.25) is 5.91 Å². The number of carboxylic acid groups (broad SMARTS) is 1. The molecule has 6 heteroatoms. The molecule has 0 aliphatic carbocycles. The molecular formula is C16H32KNO4. The Morgan fingerprint density at radius 1 is 0.955 bits per heavy atom. The Hall–Kier alpha value is 0.536. The fourth-order valence-electron chi connectivity index (χ4n) is 2.23. The van der Waals surface area contributed by atoms with Gasteiger partial charge in [0.1, 0.15) is 0 Å². The second-order valence-corrected chi connectivity index (χ2v) is 5.70. The van der Waals surface area contributed by atoms with Crippen molar-refractivity contribution in [2.75, 3.05) is 0 Å². The molecule has 0 heterocycles. The molecule has 22 heavy (non-hydrogen) atoms. The number of carboxylic acids is 1. The third kappa shape index (κ3) is 14.1. The first-order chi connectivity index (χ1) is 9.99. The number of rotatable bonds is 13. The summed E-state index contributed by atoms with van der Waals surface area (Å²) in [4.78, 5) is 22.4. The van der Waals surface area contributed by atoms with Gasteiger partial charge in [0.15, 0.2) is 6.04 Å².